The average molecular weight is 365 g/mol. The molecule has 1 amide bonds. The third-order valence-corrected chi connectivity index (χ3v) is 5.37. The van der Waals surface area contributed by atoms with Gasteiger partial charge in [-0.15, -0.1) is 0 Å². The maximum atomic E-state index is 13.1. The first kappa shape index (κ1) is 20.5. The second-order valence-corrected chi connectivity index (χ2v) is 7.31. The van der Waals surface area contributed by atoms with Gasteiger partial charge in [0.2, 0.25) is 5.91 Å². The Hall–Kier alpha value is -0.860. The molecule has 0 saturated carbocycles. The molecule has 0 radical (unpaired) electrons. The molecule has 2 fully saturated rings. The van der Waals surface area contributed by atoms with Crippen LogP contribution in [0.5, 0.6) is 0 Å². The molecule has 2 aliphatic rings. The molecule has 1 atom stereocenters. The van der Waals surface area contributed by atoms with Gasteiger partial charge in [-0.3, -0.25) is 9.69 Å². The lowest BCUT2D eigenvalue weighted by atomic mass is 9.78. The number of rotatable bonds is 7. The van der Waals surface area contributed by atoms with E-state index in [4.69, 9.17) is 4.74 Å². The van der Waals surface area contributed by atoms with Crippen LogP contribution in [0.15, 0.2) is 0 Å². The zero-order valence-electron chi connectivity index (χ0n) is 15.2. The Kier molecular flexibility index (Phi) is 7.10. The minimum absolute atomic E-state index is 0.104. The molecule has 0 aromatic carbocycles. The fourth-order valence-corrected chi connectivity index (χ4v) is 4.03. The monoisotopic (exact) mass is 365 g/mol. The zero-order chi connectivity index (χ0) is 18.5. The van der Waals surface area contributed by atoms with E-state index < -0.39 is 18.1 Å². The summed E-state index contributed by atoms with van der Waals surface area (Å²) in [5, 5.41) is 3.27. The summed E-state index contributed by atoms with van der Waals surface area (Å²) < 4.78 is 43.2. The zero-order valence-corrected chi connectivity index (χ0v) is 15.2. The lowest BCUT2D eigenvalue weighted by Crippen LogP contribution is -2.51. The van der Waals surface area contributed by atoms with E-state index in [1.165, 1.54) is 4.90 Å². The molecular weight excluding hydrogens is 335 g/mol. The van der Waals surface area contributed by atoms with Crippen molar-refractivity contribution in [2.75, 3.05) is 59.5 Å². The predicted octanol–water partition coefficient (Wildman–Crippen LogP) is 1.74. The highest BCUT2D eigenvalue weighted by molar-refractivity contribution is 5.83. The second kappa shape index (κ2) is 8.68. The molecule has 0 aromatic rings. The van der Waals surface area contributed by atoms with E-state index in [1.54, 1.807) is 14.0 Å². The average Bonchev–Trinajstić information content (AvgIpc) is 3.01. The van der Waals surface area contributed by atoms with Crippen LogP contribution >= 0.6 is 0 Å². The van der Waals surface area contributed by atoms with E-state index in [-0.39, 0.29) is 11.8 Å². The summed E-state index contributed by atoms with van der Waals surface area (Å²) in [6.07, 6.45) is -1.92. The van der Waals surface area contributed by atoms with Crippen LogP contribution in [-0.2, 0) is 9.53 Å². The lowest BCUT2D eigenvalue weighted by Gasteiger charge is -2.38. The summed E-state index contributed by atoms with van der Waals surface area (Å²) in [5.41, 5.74) is -0.481. The van der Waals surface area contributed by atoms with E-state index in [1.807, 2.05) is 4.90 Å². The van der Waals surface area contributed by atoms with Gasteiger partial charge in [-0.05, 0) is 44.8 Å². The van der Waals surface area contributed by atoms with Crippen LogP contribution in [0.25, 0.3) is 0 Å². The van der Waals surface area contributed by atoms with Crippen molar-refractivity contribution in [1.29, 1.82) is 0 Å². The minimum atomic E-state index is -4.18. The van der Waals surface area contributed by atoms with Crippen molar-refractivity contribution in [2.45, 2.75) is 32.4 Å². The van der Waals surface area contributed by atoms with Gasteiger partial charge in [-0.1, -0.05) is 6.92 Å². The van der Waals surface area contributed by atoms with Gasteiger partial charge in [0.1, 0.15) is 0 Å². The quantitative estimate of drug-likeness (QED) is 0.746. The van der Waals surface area contributed by atoms with Gasteiger partial charge < -0.3 is 15.0 Å². The topological polar surface area (TPSA) is 44.8 Å². The third-order valence-electron chi connectivity index (χ3n) is 5.37. The molecule has 0 spiro atoms. The van der Waals surface area contributed by atoms with Crippen LogP contribution in [-0.4, -0.2) is 81.4 Å². The maximum absolute atomic E-state index is 13.1. The van der Waals surface area contributed by atoms with E-state index in [0.29, 0.717) is 32.8 Å². The minimum Gasteiger partial charge on any atom is -0.384 e. The first-order chi connectivity index (χ1) is 11.8. The Labute approximate surface area is 147 Å². The van der Waals surface area contributed by atoms with Gasteiger partial charge in [0.15, 0.2) is 0 Å². The second-order valence-electron chi connectivity index (χ2n) is 7.31. The number of methoxy groups -OCH3 is 1. The van der Waals surface area contributed by atoms with Crippen LogP contribution in [0.3, 0.4) is 0 Å². The van der Waals surface area contributed by atoms with Crippen LogP contribution < -0.4 is 5.32 Å². The molecule has 2 saturated heterocycles. The molecule has 2 rings (SSSR count). The first-order valence-corrected chi connectivity index (χ1v) is 9.08. The fourth-order valence-electron chi connectivity index (χ4n) is 4.03. The van der Waals surface area contributed by atoms with Crippen molar-refractivity contribution in [3.63, 3.8) is 0 Å². The molecule has 2 heterocycles. The van der Waals surface area contributed by atoms with Crippen molar-refractivity contribution in [2.24, 2.45) is 11.3 Å². The van der Waals surface area contributed by atoms with E-state index in [0.717, 1.165) is 32.4 Å². The molecule has 5 nitrogen and oxygen atoms in total. The number of nitrogens with zero attached hydrogens (tertiary/aromatic N) is 2. The van der Waals surface area contributed by atoms with Crippen molar-refractivity contribution in [1.82, 2.24) is 15.1 Å². The highest BCUT2D eigenvalue weighted by Crippen LogP contribution is 2.34. The Morgan fingerprint density at radius 2 is 2.04 bits per heavy atom. The number of alkyl halides is 3. The van der Waals surface area contributed by atoms with Gasteiger partial charge in [-0.2, -0.15) is 13.2 Å². The Morgan fingerprint density at radius 1 is 1.36 bits per heavy atom. The molecular formula is C17H30F3N3O2. The van der Waals surface area contributed by atoms with Gasteiger partial charge in [0, 0.05) is 26.7 Å². The summed E-state index contributed by atoms with van der Waals surface area (Å²) in [4.78, 5) is 16.3. The molecule has 2 aliphatic heterocycles. The first-order valence-electron chi connectivity index (χ1n) is 9.08. The number of hydrogen-bond acceptors (Lipinski definition) is 4. The molecule has 25 heavy (non-hydrogen) atoms. The number of halogens is 3. The van der Waals surface area contributed by atoms with Gasteiger partial charge in [0.05, 0.1) is 18.6 Å². The van der Waals surface area contributed by atoms with Gasteiger partial charge >= 0.3 is 6.18 Å². The SMILES string of the molecule is CCN(CC1CCN(C(=O)C2(COC)CCNCC2)C1)CC(F)(F)F. The molecule has 0 aliphatic carbocycles. The number of nitrogens with one attached hydrogen (secondary N) is 1. The van der Waals surface area contributed by atoms with Gasteiger partial charge in [0.25, 0.3) is 0 Å². The molecule has 0 bridgehead atoms. The summed E-state index contributed by atoms with van der Waals surface area (Å²) in [5.74, 6) is 0.213. The normalized spacial score (nSPS) is 24.1. The van der Waals surface area contributed by atoms with Gasteiger partial charge in [-0.25, -0.2) is 0 Å². The van der Waals surface area contributed by atoms with Crippen molar-refractivity contribution < 1.29 is 22.7 Å². The highest BCUT2D eigenvalue weighted by Gasteiger charge is 2.44. The number of amides is 1. The van der Waals surface area contributed by atoms with Crippen molar-refractivity contribution in [3.05, 3.63) is 0 Å². The smallest absolute Gasteiger partial charge is 0.384 e. The van der Waals surface area contributed by atoms with Crippen molar-refractivity contribution in [3.8, 4) is 0 Å². The van der Waals surface area contributed by atoms with E-state index in [2.05, 4.69) is 5.32 Å². The molecule has 1 unspecified atom stereocenters. The standard InChI is InChI=1S/C17H30F3N3O2/c1-3-22(12-17(18,19)20)10-14-4-9-23(11-14)15(24)16(13-25-2)5-7-21-8-6-16/h14,21H,3-13H2,1-2H3. The Balaban J connectivity index is 1.93. The maximum Gasteiger partial charge on any atom is 0.401 e. The molecule has 0 aromatic heterocycles. The molecule has 1 N–H and O–H groups in total. The van der Waals surface area contributed by atoms with E-state index >= 15 is 0 Å². The summed E-state index contributed by atoms with van der Waals surface area (Å²) in [7, 11) is 1.61. The van der Waals surface area contributed by atoms with Crippen molar-refractivity contribution >= 4 is 5.91 Å². The lowest BCUT2D eigenvalue weighted by molar-refractivity contribution is -0.149. The van der Waals surface area contributed by atoms with Crippen LogP contribution in [0.4, 0.5) is 13.2 Å². The number of ether oxygens (including phenoxy) is 1. The highest BCUT2D eigenvalue weighted by atomic mass is 19.4. The number of hydrogen-bond donors (Lipinski definition) is 1. The summed E-state index contributed by atoms with van der Waals surface area (Å²) in [6.45, 7) is 4.78. The van der Waals surface area contributed by atoms with Crippen LogP contribution in [0.1, 0.15) is 26.2 Å². The predicted molar refractivity (Wildman–Crippen MR) is 89.3 cm³/mol. The van der Waals surface area contributed by atoms with Crippen LogP contribution in [0, 0.1) is 11.3 Å². The molecule has 146 valence electrons. The Bertz CT molecular complexity index is 434. The molecule has 8 heteroatoms. The number of likely N-dealkylation sites (tertiary alicyclic amines) is 1. The Morgan fingerprint density at radius 3 is 2.60 bits per heavy atom. The fraction of sp³-hybridized carbons (Fsp3) is 0.941. The third kappa shape index (κ3) is 5.56. The summed E-state index contributed by atoms with van der Waals surface area (Å²) >= 11 is 0. The van der Waals surface area contributed by atoms with E-state index in [9.17, 15) is 18.0 Å². The largest absolute Gasteiger partial charge is 0.401 e. The number of piperidine rings is 1. The van der Waals surface area contributed by atoms with Crippen LogP contribution in [0.2, 0.25) is 0 Å². The number of carbonyl (C=O) groups excluding carboxylic acids is 1. The summed E-state index contributed by atoms with van der Waals surface area (Å²) in [6, 6.07) is 0. The number of carbonyl (C=O) groups is 1.